The number of aliphatic hydroxyl groups excluding tert-OH is 5. The zero-order valence-electron chi connectivity index (χ0n) is 15.4. The van der Waals surface area contributed by atoms with Gasteiger partial charge in [-0.15, -0.1) is 5.10 Å². The summed E-state index contributed by atoms with van der Waals surface area (Å²) in [5.41, 5.74) is 0.315. The molecule has 5 atom stereocenters. The molecule has 0 radical (unpaired) electrons. The lowest BCUT2D eigenvalue weighted by Crippen LogP contribution is -2.59. The highest BCUT2D eigenvalue weighted by Crippen LogP contribution is 2.21. The molecule has 1 aliphatic heterocycles. The summed E-state index contributed by atoms with van der Waals surface area (Å²) in [4.78, 5) is 23.5. The maximum atomic E-state index is 11.7. The highest BCUT2D eigenvalue weighted by atomic mass is 16.7. The van der Waals surface area contributed by atoms with E-state index in [9.17, 15) is 24.9 Å². The van der Waals surface area contributed by atoms with Crippen LogP contribution in [-0.2, 0) is 32.2 Å². The number of nitrogens with zero attached hydrogens (tertiary/aromatic N) is 3. The Labute approximate surface area is 165 Å². The second-order valence-corrected chi connectivity index (χ2v) is 6.26. The van der Waals surface area contributed by atoms with Gasteiger partial charge in [0, 0.05) is 6.54 Å². The van der Waals surface area contributed by atoms with Crippen LogP contribution in [0.4, 0.5) is 0 Å². The van der Waals surface area contributed by atoms with Gasteiger partial charge in [0.25, 0.3) is 0 Å². The minimum absolute atomic E-state index is 0.0205. The fraction of sp³-hybridized carbons (Fsp3) is 0.733. The largest absolute Gasteiger partial charge is 0.394 e. The minimum Gasteiger partial charge on any atom is -0.394 e. The Balaban J connectivity index is 1.62. The number of rotatable bonds is 10. The van der Waals surface area contributed by atoms with Crippen molar-refractivity contribution in [1.82, 2.24) is 25.6 Å². The molecule has 1 saturated heterocycles. The maximum absolute atomic E-state index is 11.7. The summed E-state index contributed by atoms with van der Waals surface area (Å²) >= 11 is 0. The quantitative estimate of drug-likeness (QED) is 0.178. The van der Waals surface area contributed by atoms with Crippen molar-refractivity contribution in [1.29, 1.82) is 0 Å². The normalized spacial score (nSPS) is 26.9. The Morgan fingerprint density at radius 2 is 1.90 bits per heavy atom. The van der Waals surface area contributed by atoms with Gasteiger partial charge in [0.1, 0.15) is 36.7 Å². The number of hydrogen-bond donors (Lipinski definition) is 7. The second kappa shape index (κ2) is 11.1. The molecule has 1 aromatic heterocycles. The predicted molar refractivity (Wildman–Crippen MR) is 91.7 cm³/mol. The van der Waals surface area contributed by atoms with Gasteiger partial charge in [0.2, 0.25) is 11.8 Å². The Bertz CT molecular complexity index is 670. The lowest BCUT2D eigenvalue weighted by molar-refractivity contribution is -0.300. The summed E-state index contributed by atoms with van der Waals surface area (Å²) in [5.74, 6) is -0.975. The van der Waals surface area contributed by atoms with E-state index in [-0.39, 0.29) is 32.8 Å². The van der Waals surface area contributed by atoms with E-state index in [1.54, 1.807) is 0 Å². The molecule has 0 spiro atoms. The molecule has 0 aliphatic carbocycles. The molecule has 14 nitrogen and oxygen atoms in total. The first-order chi connectivity index (χ1) is 13.8. The van der Waals surface area contributed by atoms with Gasteiger partial charge in [-0.05, 0) is 0 Å². The summed E-state index contributed by atoms with van der Waals surface area (Å²) in [6.45, 7) is -1.40. The van der Waals surface area contributed by atoms with Gasteiger partial charge in [-0.2, -0.15) is 0 Å². The molecule has 0 bridgehead atoms. The van der Waals surface area contributed by atoms with E-state index in [2.05, 4.69) is 20.9 Å². The molecule has 2 amide bonds. The van der Waals surface area contributed by atoms with E-state index >= 15 is 0 Å². The molecular weight excluding hydrogens is 394 g/mol. The summed E-state index contributed by atoms with van der Waals surface area (Å²) < 4.78 is 11.6. The number of aliphatic hydroxyl groups is 5. The molecule has 1 fully saturated rings. The first-order valence-electron chi connectivity index (χ1n) is 8.81. The van der Waals surface area contributed by atoms with Crippen molar-refractivity contribution in [3.63, 3.8) is 0 Å². The van der Waals surface area contributed by atoms with Crippen molar-refractivity contribution in [2.24, 2.45) is 0 Å². The number of aromatic nitrogens is 3. The van der Waals surface area contributed by atoms with Crippen LogP contribution in [0.2, 0.25) is 0 Å². The third-order valence-corrected chi connectivity index (χ3v) is 4.05. The first kappa shape index (κ1) is 23.1. The van der Waals surface area contributed by atoms with Crippen molar-refractivity contribution in [2.45, 2.75) is 43.9 Å². The van der Waals surface area contributed by atoms with Crippen LogP contribution in [0, 0.1) is 0 Å². The number of nitrogens with one attached hydrogen (secondary N) is 2. The Hall–Kier alpha value is -2.20. The standard InChI is InChI=1S/C15H25N5O9/c21-6-8-4-20(19-18-8)5-11(24)17-3-10(23)16-1-2-28-15-14(27)13(26)12(25)9(7-22)29-15/h4,9,12-15,21-22,25-27H,1-3,5-7H2,(H,16,23)(H,17,24)/t9-,12+,13+,14-,15-/m1/s1. The van der Waals surface area contributed by atoms with E-state index in [1.165, 1.54) is 10.9 Å². The van der Waals surface area contributed by atoms with Gasteiger partial charge < -0.3 is 45.6 Å². The van der Waals surface area contributed by atoms with E-state index in [4.69, 9.17) is 19.7 Å². The average Bonchev–Trinajstić information content (AvgIpc) is 3.16. The zero-order valence-corrected chi connectivity index (χ0v) is 15.4. The van der Waals surface area contributed by atoms with Crippen LogP contribution in [0.5, 0.6) is 0 Å². The molecular formula is C15H25N5O9. The molecule has 2 rings (SSSR count). The van der Waals surface area contributed by atoms with Crippen LogP contribution in [0.15, 0.2) is 6.20 Å². The lowest BCUT2D eigenvalue weighted by Gasteiger charge is -2.39. The average molecular weight is 419 g/mol. The minimum atomic E-state index is -1.55. The number of ether oxygens (including phenoxy) is 2. The van der Waals surface area contributed by atoms with Crippen molar-refractivity contribution < 1.29 is 44.6 Å². The Morgan fingerprint density at radius 3 is 2.55 bits per heavy atom. The maximum Gasteiger partial charge on any atom is 0.242 e. The highest BCUT2D eigenvalue weighted by Gasteiger charge is 2.43. The van der Waals surface area contributed by atoms with Crippen molar-refractivity contribution in [3.05, 3.63) is 11.9 Å². The van der Waals surface area contributed by atoms with Crippen LogP contribution in [-0.4, -0.2) is 109 Å². The topological polar surface area (TPSA) is 209 Å². The van der Waals surface area contributed by atoms with E-state index < -0.39 is 49.1 Å². The molecule has 29 heavy (non-hydrogen) atoms. The predicted octanol–water partition coefficient (Wildman–Crippen LogP) is -5.18. The molecule has 2 heterocycles. The monoisotopic (exact) mass is 419 g/mol. The lowest BCUT2D eigenvalue weighted by atomic mass is 9.99. The van der Waals surface area contributed by atoms with Crippen molar-refractivity contribution >= 4 is 11.8 Å². The fourth-order valence-electron chi connectivity index (χ4n) is 2.50. The van der Waals surface area contributed by atoms with Gasteiger partial charge in [-0.1, -0.05) is 5.21 Å². The number of hydrogen-bond acceptors (Lipinski definition) is 11. The van der Waals surface area contributed by atoms with Crippen LogP contribution < -0.4 is 10.6 Å². The molecule has 1 aliphatic rings. The van der Waals surface area contributed by atoms with Gasteiger partial charge in [-0.25, -0.2) is 4.68 Å². The van der Waals surface area contributed by atoms with E-state index in [0.29, 0.717) is 5.69 Å². The second-order valence-electron chi connectivity index (χ2n) is 6.26. The highest BCUT2D eigenvalue weighted by molar-refractivity contribution is 5.84. The molecule has 1 aromatic rings. The van der Waals surface area contributed by atoms with Gasteiger partial charge in [0.15, 0.2) is 6.29 Å². The Morgan fingerprint density at radius 1 is 1.14 bits per heavy atom. The van der Waals surface area contributed by atoms with Crippen LogP contribution in [0.25, 0.3) is 0 Å². The van der Waals surface area contributed by atoms with E-state index in [0.717, 1.165) is 0 Å². The van der Waals surface area contributed by atoms with Crippen LogP contribution in [0.1, 0.15) is 5.69 Å². The zero-order chi connectivity index (χ0) is 21.4. The number of carbonyl (C=O) groups excluding carboxylic acids is 2. The Kier molecular flexibility index (Phi) is 8.84. The van der Waals surface area contributed by atoms with Crippen molar-refractivity contribution in [2.75, 3.05) is 26.3 Å². The number of amides is 2. The molecule has 164 valence electrons. The molecule has 0 unspecified atom stereocenters. The van der Waals surface area contributed by atoms with Gasteiger partial charge in [-0.3, -0.25) is 9.59 Å². The van der Waals surface area contributed by atoms with Crippen LogP contribution >= 0.6 is 0 Å². The molecule has 0 saturated carbocycles. The first-order valence-corrected chi connectivity index (χ1v) is 8.81. The number of carbonyl (C=O) groups is 2. The van der Waals surface area contributed by atoms with E-state index in [1.807, 2.05) is 0 Å². The fourth-order valence-corrected chi connectivity index (χ4v) is 2.50. The molecule has 7 N–H and O–H groups in total. The van der Waals surface area contributed by atoms with Gasteiger partial charge >= 0.3 is 0 Å². The summed E-state index contributed by atoms with van der Waals surface area (Å²) in [7, 11) is 0. The third kappa shape index (κ3) is 6.67. The van der Waals surface area contributed by atoms with Gasteiger partial charge in [0.05, 0.1) is 32.6 Å². The molecule has 0 aromatic carbocycles. The SMILES string of the molecule is O=C(CNC(=O)Cn1cc(CO)nn1)NCCO[C@@H]1O[C@H](CO)[C@H](O)[C@H](O)[C@H]1O. The smallest absolute Gasteiger partial charge is 0.242 e. The summed E-state index contributed by atoms with van der Waals surface area (Å²) in [6, 6.07) is 0. The summed E-state index contributed by atoms with van der Waals surface area (Å²) in [6.07, 6.45) is -5.52. The van der Waals surface area contributed by atoms with Crippen molar-refractivity contribution in [3.8, 4) is 0 Å². The van der Waals surface area contributed by atoms with Crippen LogP contribution in [0.3, 0.4) is 0 Å². The summed E-state index contributed by atoms with van der Waals surface area (Å²) in [5, 5.41) is 59.2. The molecule has 14 heteroatoms. The third-order valence-electron chi connectivity index (χ3n) is 4.05.